The highest BCUT2D eigenvalue weighted by Gasteiger charge is 1.97. The molecule has 0 aromatic rings. The molecule has 0 spiro atoms. The van der Waals surface area contributed by atoms with E-state index >= 15 is 0 Å². The smallest absolute Gasteiger partial charge is 0.0888 e. The van der Waals surface area contributed by atoms with Gasteiger partial charge in [0.1, 0.15) is 0 Å². The van der Waals surface area contributed by atoms with Gasteiger partial charge in [0.15, 0.2) is 0 Å². The number of hydrogen-bond acceptors (Lipinski definition) is 3. The van der Waals surface area contributed by atoms with E-state index in [1.807, 2.05) is 18.7 Å². The van der Waals surface area contributed by atoms with Crippen molar-refractivity contribution in [2.45, 2.75) is 19.1 Å². The zero-order valence-electron chi connectivity index (χ0n) is 6.46. The normalized spacial score (nSPS) is 12.5. The van der Waals surface area contributed by atoms with E-state index < -0.39 is 0 Å². The van der Waals surface area contributed by atoms with Crippen molar-refractivity contribution >= 4 is 23.5 Å². The summed E-state index contributed by atoms with van der Waals surface area (Å²) in [7, 11) is 0. The molecule has 1 atom stereocenters. The molecule has 0 aromatic heterocycles. The molecule has 0 rings (SSSR count). The molecule has 0 amide bonds. The van der Waals surface area contributed by atoms with Crippen LogP contribution in [0.4, 0.5) is 0 Å². The lowest BCUT2D eigenvalue weighted by Gasteiger charge is -2.00. The zero-order chi connectivity index (χ0) is 7.82. The molecule has 0 saturated carbocycles. The minimum absolute atomic E-state index is 0.164. The lowest BCUT2D eigenvalue weighted by molar-refractivity contribution is 1.24. The average molecular weight is 175 g/mol. The number of nitrogens with zero attached hydrogens (tertiary/aromatic N) is 1. The third-order valence-electron chi connectivity index (χ3n) is 0.981. The van der Waals surface area contributed by atoms with E-state index in [1.165, 1.54) is 11.5 Å². The van der Waals surface area contributed by atoms with Gasteiger partial charge in [0.25, 0.3) is 0 Å². The Bertz CT molecular complexity index is 109. The molecule has 0 saturated heterocycles. The first kappa shape index (κ1) is 10.2. The standard InChI is InChI=1S/C7H13NS2/c1-3-9-4-5-10-7(2)6-8/h7H,3-5H2,1-2H3. The first-order valence-electron chi connectivity index (χ1n) is 3.40. The maximum atomic E-state index is 8.41. The van der Waals surface area contributed by atoms with Gasteiger partial charge in [-0.3, -0.25) is 0 Å². The van der Waals surface area contributed by atoms with Gasteiger partial charge in [0.2, 0.25) is 0 Å². The van der Waals surface area contributed by atoms with E-state index in [9.17, 15) is 0 Å². The summed E-state index contributed by atoms with van der Waals surface area (Å²) in [4.78, 5) is 0. The molecule has 1 unspecified atom stereocenters. The molecule has 0 bridgehead atoms. The third kappa shape index (κ3) is 6.31. The van der Waals surface area contributed by atoms with Crippen LogP contribution in [0.2, 0.25) is 0 Å². The Morgan fingerprint density at radius 2 is 2.20 bits per heavy atom. The molecule has 58 valence electrons. The number of rotatable bonds is 5. The maximum Gasteiger partial charge on any atom is 0.0888 e. The first-order chi connectivity index (χ1) is 4.81. The molecule has 10 heavy (non-hydrogen) atoms. The molecule has 0 fully saturated rings. The topological polar surface area (TPSA) is 23.8 Å². The number of thioether (sulfide) groups is 2. The SMILES string of the molecule is CCSCCSC(C)C#N. The van der Waals surface area contributed by atoms with Gasteiger partial charge < -0.3 is 0 Å². The number of hydrogen-bond donors (Lipinski definition) is 0. The van der Waals surface area contributed by atoms with Crippen molar-refractivity contribution in [1.82, 2.24) is 0 Å². The molecule has 0 N–H and O–H groups in total. The van der Waals surface area contributed by atoms with E-state index in [-0.39, 0.29) is 5.25 Å². The van der Waals surface area contributed by atoms with Gasteiger partial charge in [0.05, 0.1) is 11.3 Å². The Morgan fingerprint density at radius 1 is 1.50 bits per heavy atom. The van der Waals surface area contributed by atoms with Crippen LogP contribution in [0.25, 0.3) is 0 Å². The van der Waals surface area contributed by atoms with Gasteiger partial charge in [-0.2, -0.15) is 17.0 Å². The van der Waals surface area contributed by atoms with Gasteiger partial charge >= 0.3 is 0 Å². The second-order valence-electron chi connectivity index (χ2n) is 1.84. The van der Waals surface area contributed by atoms with Crippen LogP contribution in [0.1, 0.15) is 13.8 Å². The van der Waals surface area contributed by atoms with Gasteiger partial charge in [-0.05, 0) is 12.7 Å². The molecular weight excluding hydrogens is 162 g/mol. The van der Waals surface area contributed by atoms with Crippen molar-refractivity contribution in [1.29, 1.82) is 5.26 Å². The summed E-state index contributed by atoms with van der Waals surface area (Å²) in [6, 6.07) is 2.20. The summed E-state index contributed by atoms with van der Waals surface area (Å²) in [6.07, 6.45) is 0. The Morgan fingerprint density at radius 3 is 2.70 bits per heavy atom. The highest BCUT2D eigenvalue weighted by atomic mass is 32.2. The van der Waals surface area contributed by atoms with Gasteiger partial charge in [-0.1, -0.05) is 6.92 Å². The van der Waals surface area contributed by atoms with E-state index in [4.69, 9.17) is 5.26 Å². The minimum atomic E-state index is 0.164. The molecule has 0 radical (unpaired) electrons. The highest BCUT2D eigenvalue weighted by Crippen LogP contribution is 2.11. The van der Waals surface area contributed by atoms with Gasteiger partial charge in [-0.15, -0.1) is 11.8 Å². The van der Waals surface area contributed by atoms with E-state index in [0.29, 0.717) is 0 Å². The van der Waals surface area contributed by atoms with Crippen molar-refractivity contribution in [3.05, 3.63) is 0 Å². The molecule has 0 aromatic carbocycles. The summed E-state index contributed by atoms with van der Waals surface area (Å²) in [5.41, 5.74) is 0. The van der Waals surface area contributed by atoms with Crippen molar-refractivity contribution in [3.8, 4) is 6.07 Å². The fourth-order valence-electron chi connectivity index (χ4n) is 0.465. The summed E-state index contributed by atoms with van der Waals surface area (Å²) in [5, 5.41) is 8.58. The van der Waals surface area contributed by atoms with Crippen molar-refractivity contribution in [2.24, 2.45) is 0 Å². The fraction of sp³-hybridized carbons (Fsp3) is 0.857. The van der Waals surface area contributed by atoms with Crippen LogP contribution in [0.3, 0.4) is 0 Å². The summed E-state index contributed by atoms with van der Waals surface area (Å²) >= 11 is 3.66. The Labute approximate surface area is 71.6 Å². The Balaban J connectivity index is 2.98. The fourth-order valence-corrected chi connectivity index (χ4v) is 2.04. The van der Waals surface area contributed by atoms with Crippen LogP contribution >= 0.6 is 23.5 Å². The minimum Gasteiger partial charge on any atom is -0.197 e. The maximum absolute atomic E-state index is 8.41. The highest BCUT2D eigenvalue weighted by molar-refractivity contribution is 8.03. The molecule has 0 aliphatic rings. The zero-order valence-corrected chi connectivity index (χ0v) is 8.10. The first-order valence-corrected chi connectivity index (χ1v) is 5.60. The third-order valence-corrected chi connectivity index (χ3v) is 3.19. The quantitative estimate of drug-likeness (QED) is 0.599. The van der Waals surface area contributed by atoms with Crippen molar-refractivity contribution in [3.63, 3.8) is 0 Å². The Hall–Kier alpha value is 0.190. The molecule has 0 heterocycles. The van der Waals surface area contributed by atoms with Crippen molar-refractivity contribution < 1.29 is 0 Å². The van der Waals surface area contributed by atoms with E-state index in [0.717, 1.165) is 5.75 Å². The molecular formula is C7H13NS2. The van der Waals surface area contributed by atoms with Crippen LogP contribution in [0.5, 0.6) is 0 Å². The molecule has 1 nitrogen and oxygen atoms in total. The summed E-state index contributed by atoms with van der Waals surface area (Å²) in [6.45, 7) is 4.10. The largest absolute Gasteiger partial charge is 0.197 e. The summed E-state index contributed by atoms with van der Waals surface area (Å²) < 4.78 is 0. The average Bonchev–Trinajstić information content (AvgIpc) is 1.98. The molecule has 0 aliphatic heterocycles. The van der Waals surface area contributed by atoms with Gasteiger partial charge in [-0.25, -0.2) is 0 Å². The van der Waals surface area contributed by atoms with E-state index in [1.54, 1.807) is 11.8 Å². The summed E-state index contributed by atoms with van der Waals surface area (Å²) in [5.74, 6) is 3.46. The predicted molar refractivity (Wildman–Crippen MR) is 50.5 cm³/mol. The van der Waals surface area contributed by atoms with Crippen LogP contribution in [0, 0.1) is 11.3 Å². The Kier molecular flexibility index (Phi) is 7.44. The van der Waals surface area contributed by atoms with Crippen LogP contribution < -0.4 is 0 Å². The van der Waals surface area contributed by atoms with Crippen LogP contribution in [-0.2, 0) is 0 Å². The lowest BCUT2D eigenvalue weighted by Crippen LogP contribution is -1.94. The van der Waals surface area contributed by atoms with Crippen molar-refractivity contribution in [2.75, 3.05) is 17.3 Å². The number of nitriles is 1. The second kappa shape index (κ2) is 7.30. The monoisotopic (exact) mass is 175 g/mol. The molecule has 3 heteroatoms. The van der Waals surface area contributed by atoms with E-state index in [2.05, 4.69) is 13.0 Å². The second-order valence-corrected chi connectivity index (χ2v) is 4.68. The van der Waals surface area contributed by atoms with Crippen LogP contribution in [-0.4, -0.2) is 22.5 Å². The van der Waals surface area contributed by atoms with Gasteiger partial charge in [0, 0.05) is 11.5 Å². The lowest BCUT2D eigenvalue weighted by atomic mass is 10.5. The van der Waals surface area contributed by atoms with Crippen LogP contribution in [0.15, 0.2) is 0 Å². The predicted octanol–water partition coefficient (Wildman–Crippen LogP) is 2.38. The molecule has 0 aliphatic carbocycles.